The second-order valence-electron chi connectivity index (χ2n) is 6.11. The van der Waals surface area contributed by atoms with E-state index < -0.39 is 11.4 Å². The van der Waals surface area contributed by atoms with Crippen molar-refractivity contribution < 1.29 is 19.2 Å². The molecule has 0 bridgehead atoms. The minimum absolute atomic E-state index is 0.0882. The van der Waals surface area contributed by atoms with E-state index in [1.54, 1.807) is 18.2 Å². The van der Waals surface area contributed by atoms with Gasteiger partial charge >= 0.3 is 0 Å². The second kappa shape index (κ2) is 10.5. The number of benzene rings is 1. The van der Waals surface area contributed by atoms with Crippen LogP contribution in [0.15, 0.2) is 36.9 Å². The van der Waals surface area contributed by atoms with E-state index in [0.717, 1.165) is 0 Å². The van der Waals surface area contributed by atoms with Gasteiger partial charge in [-0.2, -0.15) is 0 Å². The van der Waals surface area contributed by atoms with Crippen LogP contribution in [-0.4, -0.2) is 47.5 Å². The molecule has 6 N–H and O–H groups in total. The van der Waals surface area contributed by atoms with Gasteiger partial charge in [-0.15, -0.1) is 18.3 Å². The number of nitrogens with two attached hydrogens (primary N) is 1. The topological polar surface area (TPSA) is 142 Å². The first-order chi connectivity index (χ1) is 13.4. The molecule has 1 aliphatic rings. The molecule has 9 nitrogen and oxygen atoms in total. The molecule has 0 saturated carbocycles. The zero-order valence-corrected chi connectivity index (χ0v) is 16.0. The maximum atomic E-state index is 12.1. The van der Waals surface area contributed by atoms with E-state index >= 15 is 0 Å². The van der Waals surface area contributed by atoms with Crippen LogP contribution in [-0.2, 0) is 14.4 Å². The summed E-state index contributed by atoms with van der Waals surface area (Å²) in [6.45, 7) is 3.90. The molecule has 1 aliphatic heterocycles. The Morgan fingerprint density at radius 2 is 1.96 bits per heavy atom. The molecule has 1 fully saturated rings. The highest BCUT2D eigenvalue weighted by molar-refractivity contribution is 8.00. The highest BCUT2D eigenvalue weighted by Crippen LogP contribution is 2.15. The van der Waals surface area contributed by atoms with Gasteiger partial charge in [-0.25, -0.2) is 0 Å². The summed E-state index contributed by atoms with van der Waals surface area (Å²) in [6.07, 6.45) is 1.94. The first-order valence-electron chi connectivity index (χ1n) is 8.61. The van der Waals surface area contributed by atoms with E-state index in [1.807, 2.05) is 0 Å². The highest BCUT2D eigenvalue weighted by Gasteiger charge is 2.27. The normalized spacial score (nSPS) is 18.6. The van der Waals surface area contributed by atoms with Crippen molar-refractivity contribution in [3.05, 3.63) is 42.5 Å². The van der Waals surface area contributed by atoms with Crippen molar-refractivity contribution in [1.29, 1.82) is 0 Å². The van der Waals surface area contributed by atoms with Crippen molar-refractivity contribution in [3.8, 4) is 0 Å². The quantitative estimate of drug-likeness (QED) is 0.364. The number of nitrogens with one attached hydrogen (secondary N) is 4. The molecule has 2 unspecified atom stereocenters. The van der Waals surface area contributed by atoms with Gasteiger partial charge in [-0.05, 0) is 24.3 Å². The molecule has 0 aromatic heterocycles. The predicted molar refractivity (Wildman–Crippen MR) is 107 cm³/mol. The standard InChI is InChI=1S/C18H23N5O4S/c1-2-7-20-14(24)8-13-9-15(25)23-18(22-13)28-10-16(26)21-12-5-3-11(4-6-12)17(19)27/h2-6,13,18,22H,1,7-10H2,(H2,19,27)(H,20,24)(H,21,26)(H,23,25). The lowest BCUT2D eigenvalue weighted by atomic mass is 10.1. The number of amides is 4. The average Bonchev–Trinajstić information content (AvgIpc) is 2.64. The molecule has 2 rings (SSSR count). The van der Waals surface area contributed by atoms with Gasteiger partial charge in [-0.1, -0.05) is 6.08 Å². The van der Waals surface area contributed by atoms with Crippen molar-refractivity contribution in [2.45, 2.75) is 24.4 Å². The van der Waals surface area contributed by atoms with E-state index in [-0.39, 0.29) is 42.4 Å². The summed E-state index contributed by atoms with van der Waals surface area (Å²) < 4.78 is 0. The molecule has 0 radical (unpaired) electrons. The smallest absolute Gasteiger partial charge is 0.248 e. The number of carbonyl (C=O) groups excluding carboxylic acids is 4. The monoisotopic (exact) mass is 405 g/mol. The van der Waals surface area contributed by atoms with Gasteiger partial charge in [0.25, 0.3) is 0 Å². The third kappa shape index (κ3) is 7.05. The minimum Gasteiger partial charge on any atom is -0.366 e. The van der Waals surface area contributed by atoms with E-state index in [4.69, 9.17) is 5.73 Å². The molecule has 0 spiro atoms. The predicted octanol–water partition coefficient (Wildman–Crippen LogP) is -0.0888. The first kappa shape index (κ1) is 21.5. The molecule has 1 heterocycles. The first-order valence-corrected chi connectivity index (χ1v) is 9.66. The fraction of sp³-hybridized carbons (Fsp3) is 0.333. The average molecular weight is 405 g/mol. The molecule has 2 atom stereocenters. The molecule has 1 saturated heterocycles. The lowest BCUT2D eigenvalue weighted by Crippen LogP contribution is -2.56. The zero-order valence-electron chi connectivity index (χ0n) is 15.2. The van der Waals surface area contributed by atoms with E-state index in [1.165, 1.54) is 23.9 Å². The maximum absolute atomic E-state index is 12.1. The van der Waals surface area contributed by atoms with E-state index in [0.29, 0.717) is 17.8 Å². The van der Waals surface area contributed by atoms with Crippen LogP contribution in [0, 0.1) is 0 Å². The number of thioether (sulfide) groups is 1. The molecule has 1 aromatic carbocycles. The number of rotatable bonds is 9. The van der Waals surface area contributed by atoms with Crippen LogP contribution >= 0.6 is 11.8 Å². The Labute approximate surface area is 166 Å². The van der Waals surface area contributed by atoms with Crippen LogP contribution in [0.2, 0.25) is 0 Å². The Kier molecular flexibility index (Phi) is 8.02. The van der Waals surface area contributed by atoms with Crippen LogP contribution in [0.5, 0.6) is 0 Å². The van der Waals surface area contributed by atoms with Crippen molar-refractivity contribution in [1.82, 2.24) is 16.0 Å². The van der Waals surface area contributed by atoms with Gasteiger partial charge < -0.3 is 21.7 Å². The minimum atomic E-state index is -0.541. The molecule has 150 valence electrons. The molecule has 1 aromatic rings. The van der Waals surface area contributed by atoms with Gasteiger partial charge in [0.15, 0.2) is 0 Å². The van der Waals surface area contributed by atoms with Gasteiger partial charge in [-0.3, -0.25) is 24.5 Å². The Hall–Kier alpha value is -2.85. The van der Waals surface area contributed by atoms with Crippen LogP contribution in [0.25, 0.3) is 0 Å². The number of hydrogen-bond donors (Lipinski definition) is 5. The Morgan fingerprint density at radius 3 is 2.61 bits per heavy atom. The lowest BCUT2D eigenvalue weighted by molar-refractivity contribution is -0.125. The molecular formula is C18H23N5O4S. The SMILES string of the molecule is C=CCNC(=O)CC1CC(=O)NC(SCC(=O)Nc2ccc(C(N)=O)cc2)N1. The summed E-state index contributed by atoms with van der Waals surface area (Å²) in [5.74, 6) is -1.07. The summed E-state index contributed by atoms with van der Waals surface area (Å²) >= 11 is 1.21. The maximum Gasteiger partial charge on any atom is 0.248 e. The third-order valence-electron chi connectivity index (χ3n) is 3.82. The fourth-order valence-corrected chi connectivity index (χ4v) is 3.41. The van der Waals surface area contributed by atoms with E-state index in [2.05, 4.69) is 27.8 Å². The van der Waals surface area contributed by atoms with Crippen LogP contribution in [0.1, 0.15) is 23.2 Å². The molecule has 28 heavy (non-hydrogen) atoms. The van der Waals surface area contributed by atoms with Crippen LogP contribution < -0.4 is 27.0 Å². The third-order valence-corrected chi connectivity index (χ3v) is 4.84. The number of anilines is 1. The summed E-state index contributed by atoms with van der Waals surface area (Å²) in [6, 6.07) is 5.91. The Morgan fingerprint density at radius 1 is 1.25 bits per heavy atom. The van der Waals surface area contributed by atoms with Crippen LogP contribution in [0.3, 0.4) is 0 Å². The largest absolute Gasteiger partial charge is 0.366 e. The second-order valence-corrected chi connectivity index (χ2v) is 7.21. The van der Waals surface area contributed by atoms with Gasteiger partial charge in [0.05, 0.1) is 5.75 Å². The van der Waals surface area contributed by atoms with Gasteiger partial charge in [0.1, 0.15) is 5.50 Å². The fourth-order valence-electron chi connectivity index (χ4n) is 2.52. The van der Waals surface area contributed by atoms with Gasteiger partial charge in [0, 0.05) is 36.7 Å². The van der Waals surface area contributed by atoms with Crippen molar-refractivity contribution in [3.63, 3.8) is 0 Å². The van der Waals surface area contributed by atoms with Crippen molar-refractivity contribution in [2.24, 2.45) is 5.73 Å². The number of primary amides is 1. The van der Waals surface area contributed by atoms with Gasteiger partial charge in [0.2, 0.25) is 23.6 Å². The summed E-state index contributed by atoms with van der Waals surface area (Å²) in [4.78, 5) is 46.8. The highest BCUT2D eigenvalue weighted by atomic mass is 32.2. The zero-order chi connectivity index (χ0) is 20.5. The summed E-state index contributed by atoms with van der Waals surface area (Å²) in [5, 5.41) is 11.2. The number of carbonyl (C=O) groups is 4. The molecular weight excluding hydrogens is 382 g/mol. The Balaban J connectivity index is 1.79. The molecule has 0 aliphatic carbocycles. The molecule has 10 heteroatoms. The summed E-state index contributed by atoms with van der Waals surface area (Å²) in [7, 11) is 0. The number of hydrogen-bond acceptors (Lipinski definition) is 6. The molecule has 4 amide bonds. The Bertz CT molecular complexity index is 753. The van der Waals surface area contributed by atoms with Crippen molar-refractivity contribution in [2.75, 3.05) is 17.6 Å². The van der Waals surface area contributed by atoms with E-state index in [9.17, 15) is 19.2 Å². The van der Waals surface area contributed by atoms with Crippen LogP contribution in [0.4, 0.5) is 5.69 Å². The lowest BCUT2D eigenvalue weighted by Gasteiger charge is -2.30. The summed E-state index contributed by atoms with van der Waals surface area (Å²) in [5.41, 5.74) is 5.59. The van der Waals surface area contributed by atoms with Crippen molar-refractivity contribution >= 4 is 41.1 Å².